The zero-order valence-electron chi connectivity index (χ0n) is 11.8. The molecule has 0 aromatic heterocycles. The van der Waals surface area contributed by atoms with Crippen molar-refractivity contribution in [3.05, 3.63) is 34.1 Å². The molecule has 0 spiro atoms. The Kier molecular flexibility index (Phi) is 5.16. The minimum absolute atomic E-state index is 0.174. The second-order valence-electron chi connectivity index (χ2n) is 5.48. The molecule has 5 heteroatoms. The minimum atomic E-state index is -0.410. The lowest BCUT2D eigenvalue weighted by Crippen LogP contribution is -2.46. The Hall–Kier alpha value is -0.940. The number of carbonyl (C=O) groups excluding carboxylic acids is 1. The Bertz CT molecular complexity index is 485. The van der Waals surface area contributed by atoms with Crippen molar-refractivity contribution in [3.63, 3.8) is 0 Å². The lowest BCUT2D eigenvalue weighted by molar-refractivity contribution is 0.0899. The number of benzene rings is 1. The maximum absolute atomic E-state index is 13.4. The first kappa shape index (κ1) is 15.4. The standard InChI is InChI=1S/C15H20BrFN2O/c1-10(2)19-8-6-11(7-9-19)18-15(20)12-4-3-5-13(17)14(12)16/h3-5,10-11H,6-9H2,1-2H3,(H,18,20). The van der Waals surface area contributed by atoms with Gasteiger partial charge in [0.2, 0.25) is 0 Å². The highest BCUT2D eigenvalue weighted by Gasteiger charge is 2.23. The Balaban J connectivity index is 1.94. The molecule has 1 heterocycles. The molecule has 0 radical (unpaired) electrons. The number of likely N-dealkylation sites (tertiary alicyclic amines) is 1. The Morgan fingerprint density at radius 1 is 1.40 bits per heavy atom. The molecule has 20 heavy (non-hydrogen) atoms. The molecule has 0 unspecified atom stereocenters. The maximum atomic E-state index is 13.4. The molecule has 1 aromatic rings. The van der Waals surface area contributed by atoms with Crippen LogP contribution in [-0.4, -0.2) is 36.0 Å². The molecule has 2 rings (SSSR count). The van der Waals surface area contributed by atoms with Gasteiger partial charge in [-0.25, -0.2) is 4.39 Å². The van der Waals surface area contributed by atoms with Crippen molar-refractivity contribution >= 4 is 21.8 Å². The molecule has 1 amide bonds. The largest absolute Gasteiger partial charge is 0.349 e. The van der Waals surface area contributed by atoms with Crippen molar-refractivity contribution in [2.75, 3.05) is 13.1 Å². The van der Waals surface area contributed by atoms with E-state index in [2.05, 4.69) is 40.0 Å². The second-order valence-corrected chi connectivity index (χ2v) is 6.27. The van der Waals surface area contributed by atoms with Crippen molar-refractivity contribution in [1.82, 2.24) is 10.2 Å². The summed E-state index contributed by atoms with van der Waals surface area (Å²) < 4.78 is 13.7. The lowest BCUT2D eigenvalue weighted by atomic mass is 10.0. The Morgan fingerprint density at radius 3 is 2.65 bits per heavy atom. The maximum Gasteiger partial charge on any atom is 0.252 e. The van der Waals surface area contributed by atoms with Crippen LogP contribution in [0.15, 0.2) is 22.7 Å². The number of rotatable bonds is 3. The zero-order chi connectivity index (χ0) is 14.7. The van der Waals surface area contributed by atoms with Crippen molar-refractivity contribution in [3.8, 4) is 0 Å². The predicted molar refractivity (Wildman–Crippen MR) is 81.3 cm³/mol. The van der Waals surface area contributed by atoms with Crippen LogP contribution in [0.3, 0.4) is 0 Å². The van der Waals surface area contributed by atoms with Crippen LogP contribution in [0, 0.1) is 5.82 Å². The smallest absolute Gasteiger partial charge is 0.252 e. The number of hydrogen-bond acceptors (Lipinski definition) is 2. The summed E-state index contributed by atoms with van der Waals surface area (Å²) in [6.45, 7) is 6.35. The van der Waals surface area contributed by atoms with Crippen LogP contribution in [0.1, 0.15) is 37.0 Å². The quantitative estimate of drug-likeness (QED) is 0.914. The third-order valence-electron chi connectivity index (χ3n) is 3.79. The van der Waals surface area contributed by atoms with Crippen LogP contribution in [0.25, 0.3) is 0 Å². The molecule has 1 fully saturated rings. The summed E-state index contributed by atoms with van der Waals surface area (Å²) in [5, 5.41) is 3.00. The Labute approximate surface area is 127 Å². The first-order chi connectivity index (χ1) is 9.49. The first-order valence-corrected chi connectivity index (χ1v) is 7.77. The molecule has 0 atom stereocenters. The molecule has 0 bridgehead atoms. The molecule has 1 aliphatic heterocycles. The van der Waals surface area contributed by atoms with Gasteiger partial charge in [0, 0.05) is 25.2 Å². The van der Waals surface area contributed by atoms with Gasteiger partial charge in [-0.15, -0.1) is 0 Å². The predicted octanol–water partition coefficient (Wildman–Crippen LogP) is 3.19. The summed E-state index contributed by atoms with van der Waals surface area (Å²) in [4.78, 5) is 14.6. The van der Waals surface area contributed by atoms with Gasteiger partial charge >= 0.3 is 0 Å². The highest BCUT2D eigenvalue weighted by molar-refractivity contribution is 9.10. The van der Waals surface area contributed by atoms with E-state index in [9.17, 15) is 9.18 Å². The number of halogens is 2. The van der Waals surface area contributed by atoms with Crippen LogP contribution in [0.5, 0.6) is 0 Å². The van der Waals surface area contributed by atoms with Crippen molar-refractivity contribution < 1.29 is 9.18 Å². The monoisotopic (exact) mass is 342 g/mol. The number of piperidine rings is 1. The van der Waals surface area contributed by atoms with E-state index in [4.69, 9.17) is 0 Å². The summed E-state index contributed by atoms with van der Waals surface area (Å²) in [7, 11) is 0. The van der Waals surface area contributed by atoms with Gasteiger partial charge < -0.3 is 10.2 Å². The third-order valence-corrected chi connectivity index (χ3v) is 4.60. The molecule has 1 saturated heterocycles. The van der Waals surface area contributed by atoms with E-state index in [1.54, 1.807) is 12.1 Å². The SMILES string of the molecule is CC(C)N1CCC(NC(=O)c2cccc(F)c2Br)CC1. The van der Waals surface area contributed by atoms with Crippen LogP contribution in [-0.2, 0) is 0 Å². The summed E-state index contributed by atoms with van der Waals surface area (Å²) in [6.07, 6.45) is 1.88. The second kappa shape index (κ2) is 6.68. The summed E-state index contributed by atoms with van der Waals surface area (Å²) >= 11 is 3.13. The van der Waals surface area contributed by atoms with Gasteiger partial charge in [-0.1, -0.05) is 6.07 Å². The van der Waals surface area contributed by atoms with E-state index in [-0.39, 0.29) is 16.4 Å². The molecule has 3 nitrogen and oxygen atoms in total. The van der Waals surface area contributed by atoms with Crippen LogP contribution < -0.4 is 5.32 Å². The summed E-state index contributed by atoms with van der Waals surface area (Å²) in [5.74, 6) is -0.619. The Morgan fingerprint density at radius 2 is 2.05 bits per heavy atom. The third kappa shape index (κ3) is 3.58. The number of hydrogen-bond donors (Lipinski definition) is 1. The van der Waals surface area contributed by atoms with Gasteiger partial charge in [0.05, 0.1) is 10.0 Å². The molecule has 0 aliphatic carbocycles. The van der Waals surface area contributed by atoms with Crippen LogP contribution >= 0.6 is 15.9 Å². The van der Waals surface area contributed by atoms with E-state index in [0.717, 1.165) is 25.9 Å². The molecular weight excluding hydrogens is 323 g/mol. The van der Waals surface area contributed by atoms with Gasteiger partial charge in [-0.3, -0.25) is 4.79 Å². The van der Waals surface area contributed by atoms with Gasteiger partial charge in [-0.2, -0.15) is 0 Å². The summed E-state index contributed by atoms with van der Waals surface area (Å²) in [6, 6.07) is 5.24. The zero-order valence-corrected chi connectivity index (χ0v) is 13.4. The van der Waals surface area contributed by atoms with Gasteiger partial charge in [0.15, 0.2) is 0 Å². The van der Waals surface area contributed by atoms with E-state index in [1.165, 1.54) is 6.07 Å². The van der Waals surface area contributed by atoms with Crippen molar-refractivity contribution in [2.45, 2.75) is 38.8 Å². The van der Waals surface area contributed by atoms with E-state index < -0.39 is 5.82 Å². The average Bonchev–Trinajstić information content (AvgIpc) is 2.42. The van der Waals surface area contributed by atoms with Gasteiger partial charge in [-0.05, 0) is 54.8 Å². The van der Waals surface area contributed by atoms with E-state index >= 15 is 0 Å². The van der Waals surface area contributed by atoms with Gasteiger partial charge in [0.1, 0.15) is 5.82 Å². The number of amides is 1. The molecule has 1 aliphatic rings. The first-order valence-electron chi connectivity index (χ1n) is 6.98. The fourth-order valence-electron chi connectivity index (χ4n) is 2.50. The van der Waals surface area contributed by atoms with E-state index in [1.807, 2.05) is 0 Å². The lowest BCUT2D eigenvalue weighted by Gasteiger charge is -2.34. The average molecular weight is 343 g/mol. The molecule has 0 saturated carbocycles. The molecule has 110 valence electrons. The fourth-order valence-corrected chi connectivity index (χ4v) is 2.95. The highest BCUT2D eigenvalue weighted by Crippen LogP contribution is 2.21. The highest BCUT2D eigenvalue weighted by atomic mass is 79.9. The van der Waals surface area contributed by atoms with Crippen LogP contribution in [0.2, 0.25) is 0 Å². The number of nitrogens with one attached hydrogen (secondary N) is 1. The normalized spacial score (nSPS) is 17.4. The minimum Gasteiger partial charge on any atom is -0.349 e. The molecule has 1 aromatic carbocycles. The van der Waals surface area contributed by atoms with Crippen molar-refractivity contribution in [1.29, 1.82) is 0 Å². The topological polar surface area (TPSA) is 32.3 Å². The molecular formula is C15H20BrFN2O. The number of nitrogens with zero attached hydrogens (tertiary/aromatic N) is 1. The summed E-state index contributed by atoms with van der Waals surface area (Å²) in [5.41, 5.74) is 0.358. The van der Waals surface area contributed by atoms with E-state index in [0.29, 0.717) is 11.6 Å². The fraction of sp³-hybridized carbons (Fsp3) is 0.533. The van der Waals surface area contributed by atoms with Crippen LogP contribution in [0.4, 0.5) is 4.39 Å². The van der Waals surface area contributed by atoms with Crippen molar-refractivity contribution in [2.24, 2.45) is 0 Å². The molecule has 1 N–H and O–H groups in total. The van der Waals surface area contributed by atoms with Gasteiger partial charge in [0.25, 0.3) is 5.91 Å². The number of carbonyl (C=O) groups is 1.